The van der Waals surface area contributed by atoms with Crippen molar-refractivity contribution in [3.8, 4) is 0 Å². The van der Waals surface area contributed by atoms with Gasteiger partial charge in [-0.15, -0.1) is 0 Å². The largest absolute Gasteiger partial charge is 0.370 e. The SMILES string of the molecule is NN=Cc1ccc2ccc(CN3C(=O)N(Cc4ccccc4)C(CC(N)=O)(c4ccccc4)C3=O)cc2c1. The number of hydrazone groups is 1. The lowest BCUT2D eigenvalue weighted by atomic mass is 9.84. The summed E-state index contributed by atoms with van der Waals surface area (Å²) in [4.78, 5) is 43.2. The molecule has 4 aromatic rings. The minimum Gasteiger partial charge on any atom is -0.370 e. The molecule has 0 spiro atoms. The van der Waals surface area contributed by atoms with E-state index in [4.69, 9.17) is 11.6 Å². The Balaban J connectivity index is 1.58. The van der Waals surface area contributed by atoms with E-state index in [1.54, 1.807) is 30.5 Å². The Morgan fingerprint density at radius 1 is 0.816 bits per heavy atom. The van der Waals surface area contributed by atoms with Crippen LogP contribution < -0.4 is 11.6 Å². The van der Waals surface area contributed by atoms with Crippen LogP contribution in [-0.4, -0.2) is 33.9 Å². The third-order valence-electron chi connectivity index (χ3n) is 6.88. The minimum atomic E-state index is -1.55. The molecular formula is C30H27N5O3. The van der Waals surface area contributed by atoms with Gasteiger partial charge in [-0.25, -0.2) is 4.79 Å². The van der Waals surface area contributed by atoms with E-state index in [1.165, 1.54) is 9.80 Å². The van der Waals surface area contributed by atoms with E-state index in [-0.39, 0.29) is 19.5 Å². The average Bonchev–Trinajstić information content (AvgIpc) is 3.11. The molecule has 1 heterocycles. The number of carbonyl (C=O) groups excluding carboxylic acids is 3. The van der Waals surface area contributed by atoms with Crippen LogP contribution in [0, 0.1) is 0 Å². The zero-order valence-electron chi connectivity index (χ0n) is 20.7. The molecule has 38 heavy (non-hydrogen) atoms. The van der Waals surface area contributed by atoms with Gasteiger partial charge in [-0.1, -0.05) is 84.9 Å². The molecule has 1 fully saturated rings. The number of amides is 4. The van der Waals surface area contributed by atoms with Crippen LogP contribution in [0.5, 0.6) is 0 Å². The molecule has 1 aliphatic rings. The standard InChI is InChI=1S/C30H27N5O3/c31-27(36)17-30(26-9-5-2-6-10-26)28(37)34(29(38)35(30)20-21-7-3-1-4-8-21)19-23-12-14-24-13-11-22(18-33-32)15-25(24)16-23/h1-16,18H,17,19-20,32H2,(H2,31,36). The third kappa shape index (κ3) is 4.48. The van der Waals surface area contributed by atoms with E-state index in [2.05, 4.69) is 5.10 Å². The number of nitrogens with two attached hydrogens (primary N) is 2. The van der Waals surface area contributed by atoms with Crippen LogP contribution in [0.25, 0.3) is 10.8 Å². The maximum atomic E-state index is 14.2. The molecule has 8 nitrogen and oxygen atoms in total. The summed E-state index contributed by atoms with van der Waals surface area (Å²) in [5, 5.41) is 5.51. The second kappa shape index (κ2) is 10.2. The lowest BCUT2D eigenvalue weighted by Crippen LogP contribution is -2.49. The molecule has 1 atom stereocenters. The quantitative estimate of drug-likeness (QED) is 0.163. The van der Waals surface area contributed by atoms with Crippen LogP contribution in [0.4, 0.5) is 4.79 Å². The molecule has 8 heteroatoms. The fourth-order valence-electron chi connectivity index (χ4n) is 5.12. The Bertz CT molecular complexity index is 1540. The van der Waals surface area contributed by atoms with Gasteiger partial charge < -0.3 is 16.5 Å². The first-order valence-electron chi connectivity index (χ1n) is 12.2. The van der Waals surface area contributed by atoms with E-state index in [0.29, 0.717) is 5.56 Å². The molecule has 0 saturated carbocycles. The zero-order chi connectivity index (χ0) is 26.7. The van der Waals surface area contributed by atoms with Gasteiger partial charge in [-0.3, -0.25) is 14.5 Å². The van der Waals surface area contributed by atoms with Gasteiger partial charge in [0.15, 0.2) is 5.54 Å². The molecule has 190 valence electrons. The van der Waals surface area contributed by atoms with Crippen molar-refractivity contribution in [2.24, 2.45) is 16.7 Å². The zero-order valence-corrected chi connectivity index (χ0v) is 20.7. The highest BCUT2D eigenvalue weighted by Gasteiger charge is 2.58. The summed E-state index contributed by atoms with van der Waals surface area (Å²) in [6.07, 6.45) is 1.23. The number of primary amides is 1. The summed E-state index contributed by atoms with van der Waals surface area (Å²) in [5.41, 5.74) is 7.12. The Labute approximate surface area is 220 Å². The predicted octanol–water partition coefficient (Wildman–Crippen LogP) is 3.87. The summed E-state index contributed by atoms with van der Waals surface area (Å²) in [6.45, 7) is 0.186. The van der Waals surface area contributed by atoms with Gasteiger partial charge in [0.2, 0.25) is 5.91 Å². The molecule has 4 amide bonds. The number of imide groups is 1. The van der Waals surface area contributed by atoms with Crippen molar-refractivity contribution >= 4 is 34.8 Å². The van der Waals surface area contributed by atoms with E-state index >= 15 is 0 Å². The lowest BCUT2D eigenvalue weighted by molar-refractivity contribution is -0.138. The first-order chi connectivity index (χ1) is 18.4. The van der Waals surface area contributed by atoms with Crippen molar-refractivity contribution in [2.45, 2.75) is 25.0 Å². The maximum Gasteiger partial charge on any atom is 0.328 e. The monoisotopic (exact) mass is 505 g/mol. The van der Waals surface area contributed by atoms with E-state index in [1.807, 2.05) is 72.8 Å². The highest BCUT2D eigenvalue weighted by Crippen LogP contribution is 2.42. The fourth-order valence-corrected chi connectivity index (χ4v) is 5.12. The van der Waals surface area contributed by atoms with Crippen LogP contribution in [0.15, 0.2) is 102 Å². The summed E-state index contributed by atoms with van der Waals surface area (Å²) < 4.78 is 0. The van der Waals surface area contributed by atoms with Gasteiger partial charge in [-0.2, -0.15) is 5.10 Å². The Morgan fingerprint density at radius 2 is 1.50 bits per heavy atom. The van der Waals surface area contributed by atoms with E-state index in [9.17, 15) is 14.4 Å². The van der Waals surface area contributed by atoms with E-state index < -0.39 is 23.4 Å². The number of hydrogen-bond acceptors (Lipinski definition) is 5. The number of nitrogens with zero attached hydrogens (tertiary/aromatic N) is 3. The number of hydrogen-bond donors (Lipinski definition) is 2. The second-order valence-corrected chi connectivity index (χ2v) is 9.33. The van der Waals surface area contributed by atoms with Gasteiger partial charge in [0, 0.05) is 6.54 Å². The molecule has 0 aliphatic carbocycles. The molecule has 4 aromatic carbocycles. The molecule has 0 bridgehead atoms. The fraction of sp³-hybridized carbons (Fsp3) is 0.133. The van der Waals surface area contributed by atoms with Crippen molar-refractivity contribution in [3.05, 3.63) is 119 Å². The van der Waals surface area contributed by atoms with Crippen molar-refractivity contribution < 1.29 is 14.4 Å². The number of carbonyl (C=O) groups is 3. The van der Waals surface area contributed by atoms with Crippen LogP contribution in [0.1, 0.15) is 28.7 Å². The molecule has 5 rings (SSSR count). The van der Waals surface area contributed by atoms with Crippen LogP contribution >= 0.6 is 0 Å². The van der Waals surface area contributed by atoms with E-state index in [0.717, 1.165) is 27.5 Å². The first kappa shape index (κ1) is 24.7. The summed E-state index contributed by atoms with van der Waals surface area (Å²) in [7, 11) is 0. The normalized spacial score (nSPS) is 17.6. The summed E-state index contributed by atoms with van der Waals surface area (Å²) in [5.74, 6) is 4.15. The van der Waals surface area contributed by atoms with Gasteiger partial charge in [0.25, 0.3) is 5.91 Å². The van der Waals surface area contributed by atoms with Crippen molar-refractivity contribution in [3.63, 3.8) is 0 Å². The van der Waals surface area contributed by atoms with Gasteiger partial charge in [0.1, 0.15) is 0 Å². The van der Waals surface area contributed by atoms with Gasteiger partial charge in [-0.05, 0) is 45.2 Å². The molecule has 4 N–H and O–H groups in total. The lowest BCUT2D eigenvalue weighted by Gasteiger charge is -2.35. The van der Waals surface area contributed by atoms with Gasteiger partial charge >= 0.3 is 6.03 Å². The van der Waals surface area contributed by atoms with Crippen LogP contribution in [0.2, 0.25) is 0 Å². The minimum absolute atomic E-state index is 0.0431. The number of benzene rings is 4. The predicted molar refractivity (Wildman–Crippen MR) is 146 cm³/mol. The highest BCUT2D eigenvalue weighted by molar-refractivity contribution is 6.09. The average molecular weight is 506 g/mol. The van der Waals surface area contributed by atoms with Crippen LogP contribution in [-0.2, 0) is 28.2 Å². The number of urea groups is 1. The molecule has 0 radical (unpaired) electrons. The molecule has 1 saturated heterocycles. The number of fused-ring (bicyclic) bond motifs is 1. The molecular weight excluding hydrogens is 478 g/mol. The summed E-state index contributed by atoms with van der Waals surface area (Å²) in [6, 6.07) is 29.4. The molecule has 1 aliphatic heterocycles. The number of rotatable bonds is 8. The first-order valence-corrected chi connectivity index (χ1v) is 12.2. The van der Waals surface area contributed by atoms with Crippen molar-refractivity contribution in [2.75, 3.05) is 0 Å². The van der Waals surface area contributed by atoms with Gasteiger partial charge in [0.05, 0.1) is 19.2 Å². The topological polar surface area (TPSA) is 122 Å². The second-order valence-electron chi connectivity index (χ2n) is 9.33. The Kier molecular flexibility index (Phi) is 6.62. The molecule has 0 aromatic heterocycles. The summed E-state index contributed by atoms with van der Waals surface area (Å²) >= 11 is 0. The highest BCUT2D eigenvalue weighted by atomic mass is 16.2. The maximum absolute atomic E-state index is 14.2. The van der Waals surface area contributed by atoms with Crippen molar-refractivity contribution in [1.82, 2.24) is 9.80 Å². The van der Waals surface area contributed by atoms with Crippen LogP contribution in [0.3, 0.4) is 0 Å². The third-order valence-corrected chi connectivity index (χ3v) is 6.88. The molecule has 1 unspecified atom stereocenters. The van der Waals surface area contributed by atoms with Crippen molar-refractivity contribution in [1.29, 1.82) is 0 Å². The Hall–Kier alpha value is -4.98. The smallest absolute Gasteiger partial charge is 0.328 e. The Morgan fingerprint density at radius 3 is 2.18 bits per heavy atom.